The number of carbonyl (C=O) groups excluding carboxylic acids is 1. The van der Waals surface area contributed by atoms with Crippen LogP contribution in [0.2, 0.25) is 0 Å². The number of aliphatic carboxylic acids is 1. The molecule has 1 aromatic rings. The van der Waals surface area contributed by atoms with E-state index in [1.807, 2.05) is 13.0 Å². The summed E-state index contributed by atoms with van der Waals surface area (Å²) in [4.78, 5) is 24.5. The van der Waals surface area contributed by atoms with Gasteiger partial charge in [0.05, 0.1) is 0 Å². The van der Waals surface area contributed by atoms with Gasteiger partial charge >= 0.3 is 12.0 Å². The van der Waals surface area contributed by atoms with Crippen molar-refractivity contribution < 1.29 is 14.7 Å². The Morgan fingerprint density at radius 1 is 1.47 bits per heavy atom. The molecule has 2 amide bonds. The molecular formula is C13H15BrN2O3. The molecular weight excluding hydrogens is 312 g/mol. The van der Waals surface area contributed by atoms with Crippen molar-refractivity contribution in [2.45, 2.75) is 25.8 Å². The number of hydrogen-bond acceptors (Lipinski definition) is 2. The maximum Gasteiger partial charge on any atom is 0.326 e. The normalized spacial score (nSPS) is 18.4. The molecule has 1 atom stereocenters. The summed E-state index contributed by atoms with van der Waals surface area (Å²) in [6.45, 7) is 2.44. The Balaban J connectivity index is 2.08. The van der Waals surface area contributed by atoms with Crippen LogP contribution in [0.15, 0.2) is 22.7 Å². The fourth-order valence-corrected chi connectivity index (χ4v) is 2.51. The zero-order valence-corrected chi connectivity index (χ0v) is 12.1. The number of urea groups is 1. The average Bonchev–Trinajstić information content (AvgIpc) is 2.83. The van der Waals surface area contributed by atoms with Crippen LogP contribution in [0.5, 0.6) is 0 Å². The van der Waals surface area contributed by atoms with E-state index >= 15 is 0 Å². The van der Waals surface area contributed by atoms with Crippen molar-refractivity contribution in [3.05, 3.63) is 28.2 Å². The van der Waals surface area contributed by atoms with E-state index in [1.54, 1.807) is 12.1 Å². The number of nitrogens with zero attached hydrogens (tertiary/aromatic N) is 1. The first-order valence-electron chi connectivity index (χ1n) is 6.05. The summed E-state index contributed by atoms with van der Waals surface area (Å²) in [6.07, 6.45) is 1.24. The Bertz CT molecular complexity index is 519. The fraction of sp³-hybridized carbons (Fsp3) is 0.385. The fourth-order valence-electron chi connectivity index (χ4n) is 2.13. The average molecular weight is 327 g/mol. The van der Waals surface area contributed by atoms with Gasteiger partial charge < -0.3 is 15.3 Å². The number of amides is 2. The van der Waals surface area contributed by atoms with Crippen molar-refractivity contribution in [2.75, 3.05) is 11.9 Å². The van der Waals surface area contributed by atoms with Crippen molar-refractivity contribution >= 4 is 33.6 Å². The van der Waals surface area contributed by atoms with Crippen molar-refractivity contribution in [3.63, 3.8) is 0 Å². The van der Waals surface area contributed by atoms with Crippen LogP contribution in [0.25, 0.3) is 0 Å². The Hall–Kier alpha value is -1.56. The molecule has 1 aromatic carbocycles. The summed E-state index contributed by atoms with van der Waals surface area (Å²) in [6, 6.07) is 4.41. The highest BCUT2D eigenvalue weighted by Gasteiger charge is 2.33. The Kier molecular flexibility index (Phi) is 4.09. The molecule has 0 aromatic heterocycles. The number of carboxylic acid groups (broad SMARTS) is 1. The Morgan fingerprint density at radius 3 is 2.84 bits per heavy atom. The number of rotatable bonds is 2. The Labute approximate surface area is 119 Å². The lowest BCUT2D eigenvalue weighted by Crippen LogP contribution is -2.42. The summed E-state index contributed by atoms with van der Waals surface area (Å²) in [5.41, 5.74) is 1.72. The van der Waals surface area contributed by atoms with Gasteiger partial charge in [-0.3, -0.25) is 0 Å². The highest BCUT2D eigenvalue weighted by Crippen LogP contribution is 2.23. The number of anilines is 1. The van der Waals surface area contributed by atoms with Gasteiger partial charge in [-0.1, -0.05) is 22.0 Å². The molecule has 102 valence electrons. The highest BCUT2D eigenvalue weighted by atomic mass is 79.9. The van der Waals surface area contributed by atoms with Gasteiger partial charge in [0.15, 0.2) is 0 Å². The van der Waals surface area contributed by atoms with Gasteiger partial charge in [0.25, 0.3) is 0 Å². The molecule has 6 heteroatoms. The molecule has 0 unspecified atom stereocenters. The molecule has 1 heterocycles. The van der Waals surface area contributed by atoms with E-state index in [1.165, 1.54) is 4.90 Å². The van der Waals surface area contributed by atoms with Gasteiger partial charge in [-0.05, 0) is 37.5 Å². The molecule has 2 rings (SSSR count). The third-order valence-electron chi connectivity index (χ3n) is 3.22. The summed E-state index contributed by atoms with van der Waals surface area (Å²) >= 11 is 3.40. The van der Waals surface area contributed by atoms with Crippen LogP contribution in [0, 0.1) is 6.92 Å². The summed E-state index contributed by atoms with van der Waals surface area (Å²) < 4.78 is 0.904. The first kappa shape index (κ1) is 13.9. The molecule has 1 fully saturated rings. The SMILES string of the molecule is Cc1ccc(NC(=O)N2CCC[C@H]2C(=O)O)cc1Br. The van der Waals surface area contributed by atoms with Crippen LogP contribution in [0.4, 0.5) is 10.5 Å². The van der Waals surface area contributed by atoms with Crippen molar-refractivity contribution in [3.8, 4) is 0 Å². The van der Waals surface area contributed by atoms with E-state index < -0.39 is 12.0 Å². The largest absolute Gasteiger partial charge is 0.480 e. The first-order chi connectivity index (χ1) is 8.99. The van der Waals surface area contributed by atoms with Gasteiger partial charge in [0.2, 0.25) is 0 Å². The molecule has 1 aliphatic heterocycles. The number of carboxylic acids is 1. The molecule has 19 heavy (non-hydrogen) atoms. The first-order valence-corrected chi connectivity index (χ1v) is 6.85. The third kappa shape index (κ3) is 3.07. The van der Waals surface area contributed by atoms with E-state index in [-0.39, 0.29) is 6.03 Å². The predicted molar refractivity (Wildman–Crippen MR) is 75.3 cm³/mol. The number of hydrogen-bond donors (Lipinski definition) is 2. The zero-order chi connectivity index (χ0) is 14.0. The number of benzene rings is 1. The maximum absolute atomic E-state index is 12.1. The quantitative estimate of drug-likeness (QED) is 0.877. The number of halogens is 1. The second kappa shape index (κ2) is 5.61. The monoisotopic (exact) mass is 326 g/mol. The molecule has 1 saturated heterocycles. The smallest absolute Gasteiger partial charge is 0.326 e. The zero-order valence-electron chi connectivity index (χ0n) is 10.5. The number of carbonyl (C=O) groups is 2. The summed E-state index contributed by atoms with van der Waals surface area (Å²) in [5, 5.41) is 11.8. The minimum Gasteiger partial charge on any atom is -0.480 e. The molecule has 0 bridgehead atoms. The highest BCUT2D eigenvalue weighted by molar-refractivity contribution is 9.10. The van der Waals surface area contributed by atoms with E-state index in [0.29, 0.717) is 18.7 Å². The standard InChI is InChI=1S/C13H15BrN2O3/c1-8-4-5-9(7-10(8)14)15-13(19)16-6-2-3-11(16)12(17)18/h4-5,7,11H,2-3,6H2,1H3,(H,15,19)(H,17,18)/t11-/m0/s1. The molecule has 2 N–H and O–H groups in total. The van der Waals surface area contributed by atoms with Crippen LogP contribution >= 0.6 is 15.9 Å². The molecule has 0 aliphatic carbocycles. The molecule has 0 spiro atoms. The van der Waals surface area contributed by atoms with Crippen molar-refractivity contribution in [2.24, 2.45) is 0 Å². The van der Waals surface area contributed by atoms with Gasteiger partial charge in [-0.15, -0.1) is 0 Å². The van der Waals surface area contributed by atoms with Crippen molar-refractivity contribution in [1.29, 1.82) is 0 Å². The summed E-state index contributed by atoms with van der Waals surface area (Å²) in [7, 11) is 0. The lowest BCUT2D eigenvalue weighted by atomic mass is 10.2. The molecule has 0 radical (unpaired) electrons. The van der Waals surface area contributed by atoms with Gasteiger partial charge in [-0.2, -0.15) is 0 Å². The van der Waals surface area contributed by atoms with E-state index in [2.05, 4.69) is 21.2 Å². The van der Waals surface area contributed by atoms with Crippen LogP contribution in [0.1, 0.15) is 18.4 Å². The topological polar surface area (TPSA) is 69.6 Å². The van der Waals surface area contributed by atoms with Crippen LogP contribution in [-0.2, 0) is 4.79 Å². The summed E-state index contributed by atoms with van der Waals surface area (Å²) in [5.74, 6) is -0.947. The van der Waals surface area contributed by atoms with Crippen LogP contribution in [0.3, 0.4) is 0 Å². The van der Waals surface area contributed by atoms with E-state index in [4.69, 9.17) is 5.11 Å². The van der Waals surface area contributed by atoms with Gasteiger partial charge in [0, 0.05) is 16.7 Å². The lowest BCUT2D eigenvalue weighted by molar-refractivity contribution is -0.141. The van der Waals surface area contributed by atoms with E-state index in [0.717, 1.165) is 16.5 Å². The molecule has 1 aliphatic rings. The minimum atomic E-state index is -0.947. The second-order valence-corrected chi connectivity index (χ2v) is 5.44. The van der Waals surface area contributed by atoms with Gasteiger partial charge in [0.1, 0.15) is 6.04 Å². The van der Waals surface area contributed by atoms with Crippen molar-refractivity contribution in [1.82, 2.24) is 4.90 Å². The minimum absolute atomic E-state index is 0.361. The Morgan fingerprint density at radius 2 is 2.21 bits per heavy atom. The predicted octanol–water partition coefficient (Wildman–Crippen LogP) is 2.84. The second-order valence-electron chi connectivity index (χ2n) is 4.58. The number of aryl methyl sites for hydroxylation is 1. The lowest BCUT2D eigenvalue weighted by Gasteiger charge is -2.21. The van der Waals surface area contributed by atoms with E-state index in [9.17, 15) is 9.59 Å². The molecule has 0 saturated carbocycles. The van der Waals surface area contributed by atoms with Crippen LogP contribution < -0.4 is 5.32 Å². The van der Waals surface area contributed by atoms with Crippen LogP contribution in [-0.4, -0.2) is 34.6 Å². The third-order valence-corrected chi connectivity index (χ3v) is 4.08. The number of nitrogens with one attached hydrogen (secondary N) is 1. The van der Waals surface area contributed by atoms with Gasteiger partial charge in [-0.25, -0.2) is 9.59 Å². The molecule has 5 nitrogen and oxygen atoms in total. The number of likely N-dealkylation sites (tertiary alicyclic amines) is 1. The maximum atomic E-state index is 12.1.